The van der Waals surface area contributed by atoms with E-state index in [9.17, 15) is 4.79 Å². The van der Waals surface area contributed by atoms with Gasteiger partial charge in [0.2, 0.25) is 0 Å². The summed E-state index contributed by atoms with van der Waals surface area (Å²) in [6, 6.07) is 0. The van der Waals surface area contributed by atoms with Crippen molar-refractivity contribution in [3.63, 3.8) is 0 Å². The van der Waals surface area contributed by atoms with Crippen molar-refractivity contribution >= 4 is 5.78 Å². The highest BCUT2D eigenvalue weighted by Crippen LogP contribution is 2.03. The van der Waals surface area contributed by atoms with Crippen molar-refractivity contribution in [1.82, 2.24) is 0 Å². The predicted molar refractivity (Wildman–Crippen MR) is 48.4 cm³/mol. The topological polar surface area (TPSA) is 17.1 Å². The van der Waals surface area contributed by atoms with Gasteiger partial charge >= 0.3 is 0 Å². The Morgan fingerprint density at radius 1 is 1.55 bits per heavy atom. The largest absolute Gasteiger partial charge is 0.295 e. The van der Waals surface area contributed by atoms with Crippen molar-refractivity contribution in [1.29, 1.82) is 0 Å². The Hall–Kier alpha value is -0.850. The summed E-state index contributed by atoms with van der Waals surface area (Å²) in [5, 5.41) is 0. The summed E-state index contributed by atoms with van der Waals surface area (Å²) in [6.07, 6.45) is 3.97. The van der Waals surface area contributed by atoms with Gasteiger partial charge in [-0.25, -0.2) is 0 Å². The lowest BCUT2D eigenvalue weighted by Crippen LogP contribution is -1.99. The highest BCUT2D eigenvalue weighted by molar-refractivity contribution is 5.90. The lowest BCUT2D eigenvalue weighted by atomic mass is 10.1. The lowest BCUT2D eigenvalue weighted by Gasteiger charge is -1.99. The van der Waals surface area contributed by atoms with E-state index in [0.717, 1.165) is 5.57 Å². The van der Waals surface area contributed by atoms with Crippen LogP contribution in [0.2, 0.25) is 0 Å². The van der Waals surface area contributed by atoms with Gasteiger partial charge in [-0.2, -0.15) is 0 Å². The van der Waals surface area contributed by atoms with Gasteiger partial charge in [0.05, 0.1) is 0 Å². The number of rotatable bonds is 4. The first-order valence-electron chi connectivity index (χ1n) is 3.89. The molecule has 0 atom stereocenters. The van der Waals surface area contributed by atoms with Crippen LogP contribution in [0.25, 0.3) is 0 Å². The van der Waals surface area contributed by atoms with Crippen LogP contribution in [0.3, 0.4) is 0 Å². The second-order valence-electron chi connectivity index (χ2n) is 3.16. The Kier molecular flexibility index (Phi) is 4.51. The molecule has 11 heavy (non-hydrogen) atoms. The van der Waals surface area contributed by atoms with E-state index in [-0.39, 0.29) is 5.78 Å². The van der Waals surface area contributed by atoms with E-state index < -0.39 is 0 Å². The Morgan fingerprint density at radius 2 is 2.09 bits per heavy atom. The molecule has 1 heteroatoms. The Balaban J connectivity index is 3.96. The number of ketones is 1. The summed E-state index contributed by atoms with van der Waals surface area (Å²) in [4.78, 5) is 11.1. The average Bonchev–Trinajstić information content (AvgIpc) is 1.85. The molecule has 0 saturated carbocycles. The maximum atomic E-state index is 11.1. The Morgan fingerprint density at radius 3 is 2.45 bits per heavy atom. The first kappa shape index (κ1) is 10.2. The van der Waals surface area contributed by atoms with Crippen LogP contribution in [0.4, 0.5) is 0 Å². The van der Waals surface area contributed by atoms with Gasteiger partial charge in [0, 0.05) is 6.42 Å². The third kappa shape index (κ3) is 5.59. The van der Waals surface area contributed by atoms with Crippen molar-refractivity contribution in [2.45, 2.75) is 27.2 Å². The van der Waals surface area contributed by atoms with Crippen molar-refractivity contribution < 1.29 is 4.79 Å². The second kappa shape index (κ2) is 4.89. The SMILES string of the molecule is C=CC(C)=CC(=O)CC(C)C. The van der Waals surface area contributed by atoms with Crippen LogP contribution in [0, 0.1) is 5.92 Å². The van der Waals surface area contributed by atoms with Gasteiger partial charge in [0.15, 0.2) is 5.78 Å². The lowest BCUT2D eigenvalue weighted by molar-refractivity contribution is -0.115. The molecule has 0 aliphatic heterocycles. The molecular weight excluding hydrogens is 136 g/mol. The fraction of sp³-hybridized carbons (Fsp3) is 0.500. The molecule has 0 N–H and O–H groups in total. The summed E-state index contributed by atoms with van der Waals surface area (Å²) in [7, 11) is 0. The quantitative estimate of drug-likeness (QED) is 0.447. The summed E-state index contributed by atoms with van der Waals surface area (Å²) < 4.78 is 0. The number of hydrogen-bond donors (Lipinski definition) is 0. The molecule has 62 valence electrons. The van der Waals surface area contributed by atoms with E-state index >= 15 is 0 Å². The van der Waals surface area contributed by atoms with Gasteiger partial charge in [-0.1, -0.05) is 26.5 Å². The summed E-state index contributed by atoms with van der Waals surface area (Å²) in [5.41, 5.74) is 0.940. The van der Waals surface area contributed by atoms with Crippen LogP contribution in [0.5, 0.6) is 0 Å². The molecule has 0 aliphatic rings. The van der Waals surface area contributed by atoms with E-state index in [1.54, 1.807) is 12.2 Å². The molecule has 0 fully saturated rings. The molecule has 0 aliphatic carbocycles. The zero-order valence-corrected chi connectivity index (χ0v) is 7.55. The van der Waals surface area contributed by atoms with Crippen LogP contribution < -0.4 is 0 Å². The molecule has 0 spiro atoms. The molecule has 0 aromatic heterocycles. The van der Waals surface area contributed by atoms with E-state index in [1.807, 2.05) is 20.8 Å². The molecule has 0 bridgehead atoms. The van der Waals surface area contributed by atoms with Crippen LogP contribution in [0.1, 0.15) is 27.2 Å². The number of allylic oxidation sites excluding steroid dienone is 3. The molecule has 0 rings (SSSR count). The van der Waals surface area contributed by atoms with Crippen molar-refractivity contribution in [3.05, 3.63) is 24.3 Å². The van der Waals surface area contributed by atoms with Crippen molar-refractivity contribution in [2.24, 2.45) is 5.92 Å². The monoisotopic (exact) mass is 152 g/mol. The Labute approximate surface area is 68.8 Å². The van der Waals surface area contributed by atoms with E-state index in [0.29, 0.717) is 12.3 Å². The summed E-state index contributed by atoms with van der Waals surface area (Å²) in [5.74, 6) is 0.633. The van der Waals surface area contributed by atoms with E-state index in [1.165, 1.54) is 0 Å². The minimum atomic E-state index is 0.192. The van der Waals surface area contributed by atoms with Crippen LogP contribution in [-0.4, -0.2) is 5.78 Å². The number of carbonyl (C=O) groups is 1. The molecule has 0 unspecified atom stereocenters. The van der Waals surface area contributed by atoms with Gasteiger partial charge in [-0.15, -0.1) is 0 Å². The maximum absolute atomic E-state index is 11.1. The standard InChI is InChI=1S/C10H16O/c1-5-9(4)7-10(11)6-8(2)3/h5,7-8H,1,6H2,2-4H3. The highest BCUT2D eigenvalue weighted by atomic mass is 16.1. The summed E-state index contributed by atoms with van der Waals surface area (Å²) >= 11 is 0. The van der Waals surface area contributed by atoms with Gasteiger partial charge in [-0.3, -0.25) is 4.79 Å². The fourth-order valence-corrected chi connectivity index (χ4v) is 0.774. The molecule has 0 heterocycles. The number of carbonyl (C=O) groups excluding carboxylic acids is 1. The molecule has 0 aromatic carbocycles. The predicted octanol–water partition coefficient (Wildman–Crippen LogP) is 2.73. The normalized spacial score (nSPS) is 11.8. The van der Waals surface area contributed by atoms with E-state index in [4.69, 9.17) is 0 Å². The second-order valence-corrected chi connectivity index (χ2v) is 3.16. The van der Waals surface area contributed by atoms with Gasteiger partial charge in [0.1, 0.15) is 0 Å². The summed E-state index contributed by atoms with van der Waals surface area (Å²) in [6.45, 7) is 9.53. The average molecular weight is 152 g/mol. The van der Waals surface area contributed by atoms with Gasteiger partial charge < -0.3 is 0 Å². The molecule has 0 amide bonds. The fourth-order valence-electron chi connectivity index (χ4n) is 0.774. The smallest absolute Gasteiger partial charge is 0.156 e. The van der Waals surface area contributed by atoms with Crippen molar-refractivity contribution in [2.75, 3.05) is 0 Å². The van der Waals surface area contributed by atoms with Crippen LogP contribution in [-0.2, 0) is 4.79 Å². The van der Waals surface area contributed by atoms with Crippen LogP contribution in [0.15, 0.2) is 24.3 Å². The molecule has 0 radical (unpaired) electrons. The third-order valence-electron chi connectivity index (χ3n) is 1.32. The van der Waals surface area contributed by atoms with Crippen LogP contribution >= 0.6 is 0 Å². The zero-order chi connectivity index (χ0) is 8.85. The first-order chi connectivity index (χ1) is 5.06. The molecule has 0 aromatic rings. The van der Waals surface area contributed by atoms with E-state index in [2.05, 4.69) is 6.58 Å². The first-order valence-corrected chi connectivity index (χ1v) is 3.89. The maximum Gasteiger partial charge on any atom is 0.156 e. The van der Waals surface area contributed by atoms with Gasteiger partial charge in [-0.05, 0) is 24.5 Å². The third-order valence-corrected chi connectivity index (χ3v) is 1.32. The van der Waals surface area contributed by atoms with Gasteiger partial charge in [0.25, 0.3) is 0 Å². The highest BCUT2D eigenvalue weighted by Gasteiger charge is 2.00. The molecular formula is C10H16O. The molecule has 1 nitrogen and oxygen atoms in total. The molecule has 0 saturated heterocycles. The zero-order valence-electron chi connectivity index (χ0n) is 7.55. The number of hydrogen-bond acceptors (Lipinski definition) is 1. The Bertz CT molecular complexity index is 175. The van der Waals surface area contributed by atoms with Crippen molar-refractivity contribution in [3.8, 4) is 0 Å². The minimum absolute atomic E-state index is 0.192. The minimum Gasteiger partial charge on any atom is -0.295 e.